The molecule has 0 fully saturated rings. The summed E-state index contributed by atoms with van der Waals surface area (Å²) in [6.45, 7) is 5.68. The lowest BCUT2D eigenvalue weighted by Crippen LogP contribution is -2.32. The van der Waals surface area contributed by atoms with Gasteiger partial charge < -0.3 is 20.9 Å². The molecule has 4 N–H and O–H groups in total. The summed E-state index contributed by atoms with van der Waals surface area (Å²) >= 11 is 0. The molecule has 0 aliphatic heterocycles. The zero-order valence-corrected chi connectivity index (χ0v) is 12.9. The highest BCUT2D eigenvalue weighted by Crippen LogP contribution is 2.26. The minimum atomic E-state index is -0.626. The van der Waals surface area contributed by atoms with Gasteiger partial charge in [0.05, 0.1) is 12.7 Å². The molecule has 1 aromatic carbocycles. The van der Waals surface area contributed by atoms with Gasteiger partial charge in [0.15, 0.2) is 0 Å². The fourth-order valence-electron chi connectivity index (χ4n) is 2.19. The van der Waals surface area contributed by atoms with E-state index in [0.29, 0.717) is 6.61 Å². The summed E-state index contributed by atoms with van der Waals surface area (Å²) in [5.41, 5.74) is 8.08. The van der Waals surface area contributed by atoms with E-state index in [4.69, 9.17) is 10.5 Å². The second kappa shape index (κ2) is 8.95. The van der Waals surface area contributed by atoms with E-state index in [2.05, 4.69) is 19.2 Å². The second-order valence-corrected chi connectivity index (χ2v) is 5.06. The highest BCUT2D eigenvalue weighted by Gasteiger charge is 2.19. The SMILES string of the molecule is CCCOc1ccc(C(O)C(N)CCNC)c(CC)c1. The predicted molar refractivity (Wildman–Crippen MR) is 83.1 cm³/mol. The Hall–Kier alpha value is -1.10. The Bertz CT molecular complexity index is 396. The van der Waals surface area contributed by atoms with Crippen molar-refractivity contribution in [3.63, 3.8) is 0 Å². The van der Waals surface area contributed by atoms with E-state index in [0.717, 1.165) is 42.7 Å². The van der Waals surface area contributed by atoms with E-state index >= 15 is 0 Å². The molecule has 114 valence electrons. The Balaban J connectivity index is 2.82. The van der Waals surface area contributed by atoms with E-state index in [1.165, 1.54) is 0 Å². The Morgan fingerprint density at radius 1 is 1.35 bits per heavy atom. The number of aryl methyl sites for hydroxylation is 1. The summed E-state index contributed by atoms with van der Waals surface area (Å²) in [6.07, 6.45) is 1.96. The lowest BCUT2D eigenvalue weighted by Gasteiger charge is -2.22. The average molecular weight is 280 g/mol. The molecule has 0 spiro atoms. The van der Waals surface area contributed by atoms with Crippen molar-refractivity contribution in [3.8, 4) is 5.75 Å². The lowest BCUT2D eigenvalue weighted by atomic mass is 9.94. The number of ether oxygens (including phenoxy) is 1. The van der Waals surface area contributed by atoms with Crippen LogP contribution in [0.25, 0.3) is 0 Å². The fourth-order valence-corrected chi connectivity index (χ4v) is 2.19. The first-order valence-corrected chi connectivity index (χ1v) is 7.47. The van der Waals surface area contributed by atoms with Gasteiger partial charge in [0, 0.05) is 6.04 Å². The van der Waals surface area contributed by atoms with Crippen LogP contribution >= 0.6 is 0 Å². The quantitative estimate of drug-likeness (QED) is 0.647. The third kappa shape index (κ3) is 4.78. The van der Waals surface area contributed by atoms with E-state index in [-0.39, 0.29) is 6.04 Å². The summed E-state index contributed by atoms with van der Waals surface area (Å²) in [4.78, 5) is 0. The van der Waals surface area contributed by atoms with Crippen LogP contribution in [0.2, 0.25) is 0 Å². The topological polar surface area (TPSA) is 67.5 Å². The van der Waals surface area contributed by atoms with Crippen molar-refractivity contribution in [2.45, 2.75) is 45.3 Å². The van der Waals surface area contributed by atoms with Crippen LogP contribution in [0.5, 0.6) is 5.75 Å². The van der Waals surface area contributed by atoms with Crippen molar-refractivity contribution in [2.24, 2.45) is 5.73 Å². The molecule has 2 unspecified atom stereocenters. The highest BCUT2D eigenvalue weighted by atomic mass is 16.5. The van der Waals surface area contributed by atoms with Crippen molar-refractivity contribution in [1.82, 2.24) is 5.32 Å². The van der Waals surface area contributed by atoms with Crippen LogP contribution in [-0.4, -0.2) is 31.3 Å². The molecule has 2 atom stereocenters. The van der Waals surface area contributed by atoms with Crippen molar-refractivity contribution in [1.29, 1.82) is 0 Å². The van der Waals surface area contributed by atoms with Crippen molar-refractivity contribution in [3.05, 3.63) is 29.3 Å². The molecule has 4 nitrogen and oxygen atoms in total. The van der Waals surface area contributed by atoms with Gasteiger partial charge in [0.2, 0.25) is 0 Å². The Morgan fingerprint density at radius 3 is 2.70 bits per heavy atom. The molecule has 4 heteroatoms. The molecule has 0 saturated carbocycles. The normalized spacial score (nSPS) is 14.1. The van der Waals surface area contributed by atoms with Crippen molar-refractivity contribution in [2.75, 3.05) is 20.2 Å². The van der Waals surface area contributed by atoms with Crippen molar-refractivity contribution >= 4 is 0 Å². The largest absolute Gasteiger partial charge is 0.494 e. The Morgan fingerprint density at radius 2 is 2.10 bits per heavy atom. The smallest absolute Gasteiger partial charge is 0.119 e. The molecule has 0 aliphatic rings. The monoisotopic (exact) mass is 280 g/mol. The number of aliphatic hydroxyl groups is 1. The Labute approximate surface area is 122 Å². The molecule has 0 heterocycles. The zero-order valence-electron chi connectivity index (χ0n) is 12.9. The standard InChI is InChI=1S/C16H28N2O2/c1-4-10-20-13-6-7-14(12(5-2)11-13)16(19)15(17)8-9-18-3/h6-7,11,15-16,18-19H,4-5,8-10,17H2,1-3H3. The molecular weight excluding hydrogens is 252 g/mol. The molecule has 0 aliphatic carbocycles. The van der Waals surface area contributed by atoms with Crippen LogP contribution in [-0.2, 0) is 6.42 Å². The van der Waals surface area contributed by atoms with Gasteiger partial charge in [0.1, 0.15) is 5.75 Å². The molecule has 1 aromatic rings. The number of rotatable bonds is 9. The molecular formula is C16H28N2O2. The maximum atomic E-state index is 10.4. The van der Waals surface area contributed by atoms with E-state index in [1.54, 1.807) is 0 Å². The van der Waals surface area contributed by atoms with Gasteiger partial charge in [-0.3, -0.25) is 0 Å². The van der Waals surface area contributed by atoms with Crippen LogP contribution in [0.3, 0.4) is 0 Å². The molecule has 0 radical (unpaired) electrons. The van der Waals surface area contributed by atoms with Gasteiger partial charge in [-0.25, -0.2) is 0 Å². The van der Waals surface area contributed by atoms with Gasteiger partial charge in [0.25, 0.3) is 0 Å². The first-order chi connectivity index (χ1) is 9.63. The summed E-state index contributed by atoms with van der Waals surface area (Å²) in [7, 11) is 1.89. The fraction of sp³-hybridized carbons (Fsp3) is 0.625. The minimum absolute atomic E-state index is 0.254. The molecule has 0 saturated heterocycles. The highest BCUT2D eigenvalue weighted by molar-refractivity contribution is 5.37. The van der Waals surface area contributed by atoms with Gasteiger partial charge in [-0.05, 0) is 56.1 Å². The summed E-state index contributed by atoms with van der Waals surface area (Å²) in [6, 6.07) is 5.61. The van der Waals surface area contributed by atoms with Crippen LogP contribution in [0.15, 0.2) is 18.2 Å². The Kier molecular flexibility index (Phi) is 7.59. The minimum Gasteiger partial charge on any atom is -0.494 e. The van der Waals surface area contributed by atoms with Gasteiger partial charge in [-0.1, -0.05) is 19.9 Å². The maximum absolute atomic E-state index is 10.4. The van der Waals surface area contributed by atoms with E-state index < -0.39 is 6.10 Å². The van der Waals surface area contributed by atoms with Crippen LogP contribution in [0.1, 0.15) is 43.9 Å². The molecule has 20 heavy (non-hydrogen) atoms. The maximum Gasteiger partial charge on any atom is 0.119 e. The number of nitrogens with two attached hydrogens (primary N) is 1. The number of benzene rings is 1. The number of hydrogen-bond acceptors (Lipinski definition) is 4. The number of aliphatic hydroxyl groups excluding tert-OH is 1. The first-order valence-electron chi connectivity index (χ1n) is 7.47. The zero-order chi connectivity index (χ0) is 15.0. The molecule has 1 rings (SSSR count). The number of hydrogen-bond donors (Lipinski definition) is 3. The summed E-state index contributed by atoms with van der Waals surface area (Å²) in [5.74, 6) is 0.864. The third-order valence-electron chi connectivity index (χ3n) is 3.42. The average Bonchev–Trinajstić information content (AvgIpc) is 2.49. The lowest BCUT2D eigenvalue weighted by molar-refractivity contribution is 0.141. The van der Waals surface area contributed by atoms with Gasteiger partial charge >= 0.3 is 0 Å². The first kappa shape index (κ1) is 17.0. The van der Waals surface area contributed by atoms with Crippen LogP contribution in [0.4, 0.5) is 0 Å². The molecule has 0 aromatic heterocycles. The third-order valence-corrected chi connectivity index (χ3v) is 3.42. The van der Waals surface area contributed by atoms with Gasteiger partial charge in [-0.2, -0.15) is 0 Å². The van der Waals surface area contributed by atoms with Gasteiger partial charge in [-0.15, -0.1) is 0 Å². The summed E-state index contributed by atoms with van der Waals surface area (Å²) in [5, 5.41) is 13.5. The molecule has 0 bridgehead atoms. The molecule has 0 amide bonds. The van der Waals surface area contributed by atoms with E-state index in [9.17, 15) is 5.11 Å². The second-order valence-electron chi connectivity index (χ2n) is 5.06. The van der Waals surface area contributed by atoms with Crippen molar-refractivity contribution < 1.29 is 9.84 Å². The van der Waals surface area contributed by atoms with Crippen LogP contribution in [0, 0.1) is 0 Å². The van der Waals surface area contributed by atoms with E-state index in [1.807, 2.05) is 25.2 Å². The predicted octanol–water partition coefficient (Wildman–Crippen LogP) is 2.01. The number of nitrogens with one attached hydrogen (secondary N) is 1. The van der Waals surface area contributed by atoms with Crippen LogP contribution < -0.4 is 15.8 Å². The summed E-state index contributed by atoms with van der Waals surface area (Å²) < 4.78 is 5.63.